The van der Waals surface area contributed by atoms with Gasteiger partial charge in [-0.15, -0.1) is 0 Å². The fourth-order valence-corrected chi connectivity index (χ4v) is 4.37. The Hall–Kier alpha value is -3.40. The minimum absolute atomic E-state index is 0.0551. The summed E-state index contributed by atoms with van der Waals surface area (Å²) in [4.78, 5) is 12.9. The smallest absolute Gasteiger partial charge is 0.363 e. The van der Waals surface area contributed by atoms with Gasteiger partial charge in [0.25, 0.3) is 0 Å². The lowest BCUT2D eigenvalue weighted by Crippen LogP contribution is -2.35. The molecule has 5 nitrogen and oxygen atoms in total. The van der Waals surface area contributed by atoms with Crippen LogP contribution in [0.25, 0.3) is 16.8 Å². The van der Waals surface area contributed by atoms with E-state index in [0.717, 1.165) is 18.2 Å². The fraction of sp³-hybridized carbons (Fsp3) is 0.292. The molecule has 1 aromatic carbocycles. The Kier molecular flexibility index (Phi) is 5.35. The van der Waals surface area contributed by atoms with Gasteiger partial charge in [-0.05, 0) is 29.8 Å². The Labute approximate surface area is 191 Å². The Morgan fingerprint density at radius 3 is 2.44 bits per heavy atom. The van der Waals surface area contributed by atoms with Gasteiger partial charge in [0.1, 0.15) is 17.5 Å². The van der Waals surface area contributed by atoms with Crippen LogP contribution in [0.5, 0.6) is 0 Å². The molecule has 176 valence electrons. The molecule has 0 aliphatic carbocycles. The van der Waals surface area contributed by atoms with E-state index in [-0.39, 0.29) is 35.0 Å². The van der Waals surface area contributed by atoms with E-state index in [1.165, 1.54) is 24.7 Å². The maximum absolute atomic E-state index is 14.6. The zero-order valence-corrected chi connectivity index (χ0v) is 18.1. The number of nitrogens with zero attached hydrogens (tertiary/aromatic N) is 3. The van der Waals surface area contributed by atoms with Crippen molar-refractivity contribution in [2.24, 2.45) is 0 Å². The van der Waals surface area contributed by atoms with Crippen LogP contribution < -0.4 is 5.32 Å². The average Bonchev–Trinajstić information content (AvgIpc) is 3.26. The van der Waals surface area contributed by atoms with Gasteiger partial charge in [0.2, 0.25) is 0 Å². The van der Waals surface area contributed by atoms with Crippen LogP contribution in [0, 0.1) is 11.6 Å². The molecule has 5 rings (SSSR count). The fourth-order valence-electron chi connectivity index (χ4n) is 4.37. The summed E-state index contributed by atoms with van der Waals surface area (Å²) in [5.74, 6) is -2.00. The molecular formula is C24H19F5N4O. The van der Waals surface area contributed by atoms with E-state index in [4.69, 9.17) is 4.74 Å². The number of anilines is 1. The summed E-state index contributed by atoms with van der Waals surface area (Å²) in [6.45, 7) is 3.57. The molecule has 0 saturated carbocycles. The van der Waals surface area contributed by atoms with Crippen LogP contribution in [0.4, 0.5) is 27.6 Å². The Balaban J connectivity index is 1.71. The number of nitrogens with one attached hydrogen (secondary N) is 1. The van der Waals surface area contributed by atoms with Gasteiger partial charge in [0.05, 0.1) is 29.6 Å². The molecule has 10 heteroatoms. The molecule has 0 amide bonds. The number of fused-ring (bicyclic) bond motifs is 3. The standard InChI is InChI=1S/C24H19F5N4O/c1-11(2)23-31-8-12(9-32-23)19-16-10-34-22(24(27,28)29)18(16)21-20(33-19)14(5-6-30-21)15-7-13(25)3-4-17(15)26/h3-9,11,18,22,33H,10H2,1-2H3/t18-,22+/m0/s1. The quantitative estimate of drug-likeness (QED) is 0.485. The number of aromatic nitrogens is 3. The highest BCUT2D eigenvalue weighted by molar-refractivity contribution is 5.92. The van der Waals surface area contributed by atoms with Crippen LogP contribution in [0.15, 0.2) is 48.4 Å². The van der Waals surface area contributed by atoms with Crippen LogP contribution in [-0.2, 0) is 4.74 Å². The number of rotatable bonds is 3. The maximum atomic E-state index is 14.6. The van der Waals surface area contributed by atoms with Gasteiger partial charge in [-0.25, -0.2) is 18.7 Å². The van der Waals surface area contributed by atoms with E-state index in [9.17, 15) is 22.0 Å². The minimum Gasteiger partial charge on any atom is -0.363 e. The number of benzene rings is 1. The van der Waals surface area contributed by atoms with Crippen molar-refractivity contribution in [1.29, 1.82) is 0 Å². The minimum atomic E-state index is -4.66. The normalized spacial score (nSPS) is 19.8. The van der Waals surface area contributed by atoms with E-state index < -0.39 is 29.8 Å². The molecule has 2 aromatic heterocycles. The molecule has 2 atom stereocenters. The summed E-state index contributed by atoms with van der Waals surface area (Å²) < 4.78 is 75.5. The van der Waals surface area contributed by atoms with Crippen molar-refractivity contribution in [2.45, 2.75) is 38.0 Å². The topological polar surface area (TPSA) is 59.9 Å². The second-order valence-corrected chi connectivity index (χ2v) is 8.50. The van der Waals surface area contributed by atoms with E-state index in [1.807, 2.05) is 13.8 Å². The molecule has 2 aliphatic heterocycles. The van der Waals surface area contributed by atoms with Gasteiger partial charge in [-0.2, -0.15) is 13.2 Å². The highest BCUT2D eigenvalue weighted by Crippen LogP contribution is 2.52. The highest BCUT2D eigenvalue weighted by atomic mass is 19.4. The molecule has 34 heavy (non-hydrogen) atoms. The molecule has 4 heterocycles. The first-order valence-electron chi connectivity index (χ1n) is 10.6. The van der Waals surface area contributed by atoms with Crippen LogP contribution in [-0.4, -0.2) is 33.8 Å². The SMILES string of the molecule is CC(C)c1ncc(C2=C3CO[C@@H](C(F)(F)F)[C@@H]3c3nccc(-c4cc(F)ccc4F)c3N2)cn1. The molecule has 0 radical (unpaired) electrons. The summed E-state index contributed by atoms with van der Waals surface area (Å²) in [5.41, 5.74) is 1.44. The molecule has 3 aromatic rings. The summed E-state index contributed by atoms with van der Waals surface area (Å²) in [7, 11) is 0. The summed E-state index contributed by atoms with van der Waals surface area (Å²) in [6.07, 6.45) is -2.45. The van der Waals surface area contributed by atoms with Gasteiger partial charge in [0, 0.05) is 41.2 Å². The van der Waals surface area contributed by atoms with Crippen molar-refractivity contribution in [2.75, 3.05) is 11.9 Å². The first kappa shape index (κ1) is 22.4. The number of hydrogen-bond donors (Lipinski definition) is 1. The third kappa shape index (κ3) is 3.71. The average molecular weight is 474 g/mol. The van der Waals surface area contributed by atoms with Crippen molar-refractivity contribution in [3.05, 3.63) is 77.1 Å². The lowest BCUT2D eigenvalue weighted by molar-refractivity contribution is -0.210. The van der Waals surface area contributed by atoms with E-state index in [0.29, 0.717) is 22.7 Å². The van der Waals surface area contributed by atoms with E-state index in [1.54, 1.807) is 0 Å². The number of pyridine rings is 1. The molecule has 1 N–H and O–H groups in total. The Morgan fingerprint density at radius 1 is 1.03 bits per heavy atom. The molecule has 1 fully saturated rings. The Bertz CT molecular complexity index is 1290. The van der Waals surface area contributed by atoms with Crippen LogP contribution in [0.1, 0.15) is 42.8 Å². The predicted molar refractivity (Wildman–Crippen MR) is 115 cm³/mol. The van der Waals surface area contributed by atoms with E-state index in [2.05, 4.69) is 20.3 Å². The first-order chi connectivity index (χ1) is 16.1. The highest BCUT2D eigenvalue weighted by Gasteiger charge is 2.54. The summed E-state index contributed by atoms with van der Waals surface area (Å²) in [5, 5.41) is 3.12. The molecular weight excluding hydrogens is 455 g/mol. The van der Waals surface area contributed by atoms with Gasteiger partial charge >= 0.3 is 6.18 Å². The molecule has 0 bridgehead atoms. The monoisotopic (exact) mass is 474 g/mol. The number of ether oxygens (including phenoxy) is 1. The van der Waals surface area contributed by atoms with Crippen LogP contribution in [0.3, 0.4) is 0 Å². The molecule has 0 unspecified atom stereocenters. The Morgan fingerprint density at radius 2 is 1.76 bits per heavy atom. The third-order valence-corrected chi connectivity index (χ3v) is 5.96. The van der Waals surface area contributed by atoms with Crippen LogP contribution in [0.2, 0.25) is 0 Å². The van der Waals surface area contributed by atoms with Crippen molar-refractivity contribution in [1.82, 2.24) is 15.0 Å². The third-order valence-electron chi connectivity index (χ3n) is 5.96. The summed E-state index contributed by atoms with van der Waals surface area (Å²) >= 11 is 0. The van der Waals surface area contributed by atoms with Gasteiger partial charge in [0.15, 0.2) is 6.10 Å². The lowest BCUT2D eigenvalue weighted by Gasteiger charge is -2.31. The second-order valence-electron chi connectivity index (χ2n) is 8.50. The van der Waals surface area contributed by atoms with Gasteiger partial charge in [-0.3, -0.25) is 4.98 Å². The predicted octanol–water partition coefficient (Wildman–Crippen LogP) is 5.82. The number of halogens is 5. The zero-order valence-electron chi connectivity index (χ0n) is 18.1. The van der Waals surface area contributed by atoms with Gasteiger partial charge < -0.3 is 10.1 Å². The van der Waals surface area contributed by atoms with Crippen molar-refractivity contribution >= 4 is 11.4 Å². The zero-order chi connectivity index (χ0) is 24.2. The largest absolute Gasteiger partial charge is 0.415 e. The van der Waals surface area contributed by atoms with Crippen LogP contribution >= 0.6 is 0 Å². The first-order valence-corrected chi connectivity index (χ1v) is 10.6. The van der Waals surface area contributed by atoms with Gasteiger partial charge in [-0.1, -0.05) is 13.8 Å². The van der Waals surface area contributed by atoms with E-state index >= 15 is 0 Å². The van der Waals surface area contributed by atoms with Crippen molar-refractivity contribution in [3.8, 4) is 11.1 Å². The number of hydrogen-bond acceptors (Lipinski definition) is 5. The molecule has 2 aliphatic rings. The lowest BCUT2D eigenvalue weighted by atomic mass is 9.84. The second kappa shape index (κ2) is 8.12. The molecule has 0 spiro atoms. The molecule has 1 saturated heterocycles. The summed E-state index contributed by atoms with van der Waals surface area (Å²) in [6, 6.07) is 4.38. The van der Waals surface area contributed by atoms with Crippen molar-refractivity contribution in [3.63, 3.8) is 0 Å². The van der Waals surface area contributed by atoms with Crippen molar-refractivity contribution < 1.29 is 26.7 Å². The maximum Gasteiger partial charge on any atom is 0.415 e. The number of alkyl halides is 3.